The molecule has 8 heteroatoms. The largest absolute Gasteiger partial charge is 0.573 e. The summed E-state index contributed by atoms with van der Waals surface area (Å²) in [6, 6.07) is 6.33. The topological polar surface area (TPSA) is 54.3 Å². The van der Waals surface area contributed by atoms with E-state index in [-0.39, 0.29) is 35.1 Å². The minimum atomic E-state index is -4.72. The highest BCUT2D eigenvalue weighted by atomic mass is 19.4. The first kappa shape index (κ1) is 27.3. The molecule has 1 aliphatic heterocycles. The van der Waals surface area contributed by atoms with Crippen LogP contribution in [0.15, 0.2) is 58.2 Å². The lowest BCUT2D eigenvalue weighted by atomic mass is 9.95. The molecule has 0 spiro atoms. The van der Waals surface area contributed by atoms with Gasteiger partial charge in [0, 0.05) is 19.3 Å². The van der Waals surface area contributed by atoms with E-state index in [1.54, 1.807) is 36.2 Å². The van der Waals surface area contributed by atoms with Gasteiger partial charge in [0.25, 0.3) is 5.91 Å². The molecule has 1 heterocycles. The van der Waals surface area contributed by atoms with Crippen LogP contribution in [0.4, 0.5) is 13.2 Å². The Balaban J connectivity index is 0.00000199. The third-order valence-corrected chi connectivity index (χ3v) is 6.08. The van der Waals surface area contributed by atoms with Gasteiger partial charge in [0.15, 0.2) is 0 Å². The molecule has 0 N–H and O–H groups in total. The van der Waals surface area contributed by atoms with Crippen molar-refractivity contribution in [3.8, 4) is 5.75 Å². The van der Waals surface area contributed by atoms with Gasteiger partial charge in [-0.3, -0.25) is 4.79 Å². The third kappa shape index (κ3) is 7.30. The van der Waals surface area contributed by atoms with Crippen LogP contribution in [-0.2, 0) is 4.79 Å². The maximum absolute atomic E-state index is 12.8. The van der Waals surface area contributed by atoms with Crippen LogP contribution in [0.25, 0.3) is 0 Å². The van der Waals surface area contributed by atoms with Gasteiger partial charge >= 0.3 is 6.36 Å². The smallest absolute Gasteiger partial charge is 0.405 e. The monoisotopic (exact) mass is 477 g/mol. The zero-order valence-electron chi connectivity index (χ0n) is 20.5. The van der Waals surface area contributed by atoms with Crippen molar-refractivity contribution in [2.45, 2.75) is 59.7 Å². The molecule has 0 bridgehead atoms. The van der Waals surface area contributed by atoms with Crippen LogP contribution in [0.2, 0.25) is 0 Å². The molecule has 3 atom stereocenters. The molecule has 1 amide bonds. The quantitative estimate of drug-likeness (QED) is 0.275. The van der Waals surface area contributed by atoms with Crippen LogP contribution in [0.3, 0.4) is 0 Å². The Labute approximate surface area is 200 Å². The van der Waals surface area contributed by atoms with Crippen LogP contribution in [0.5, 0.6) is 5.75 Å². The fourth-order valence-electron chi connectivity index (χ4n) is 4.48. The van der Waals surface area contributed by atoms with Gasteiger partial charge in [-0.2, -0.15) is 0 Å². The molecule has 5 nitrogen and oxygen atoms in total. The van der Waals surface area contributed by atoms with E-state index in [2.05, 4.69) is 21.3 Å². The van der Waals surface area contributed by atoms with Crippen molar-refractivity contribution in [2.24, 2.45) is 21.8 Å². The molecule has 0 radical (unpaired) electrons. The zero-order valence-corrected chi connectivity index (χ0v) is 20.5. The summed E-state index contributed by atoms with van der Waals surface area (Å²) in [6.45, 7) is 14.4. The fourth-order valence-corrected chi connectivity index (χ4v) is 4.48. The van der Waals surface area contributed by atoms with Crippen LogP contribution >= 0.6 is 0 Å². The lowest BCUT2D eigenvalue weighted by Gasteiger charge is -2.21. The molecule has 2 fully saturated rings. The molecule has 1 saturated heterocycles. The summed E-state index contributed by atoms with van der Waals surface area (Å²) in [5.74, 6) is 0.532. The molecule has 186 valence electrons. The molecule has 1 aromatic rings. The molecule has 1 aliphatic carbocycles. The van der Waals surface area contributed by atoms with Crippen molar-refractivity contribution in [3.63, 3.8) is 0 Å². The Morgan fingerprint density at radius 3 is 2.29 bits per heavy atom. The number of halogens is 3. The molecule has 1 aromatic carbocycles. The number of amides is 1. The maximum atomic E-state index is 12.8. The normalized spacial score (nSPS) is 22.9. The summed E-state index contributed by atoms with van der Waals surface area (Å²) in [6.07, 6.45) is 0.309. The number of alkyl halides is 3. The number of amidine groups is 1. The van der Waals surface area contributed by atoms with Crippen LogP contribution in [-0.4, -0.2) is 42.3 Å². The Hall–Kier alpha value is -2.90. The summed E-state index contributed by atoms with van der Waals surface area (Å²) in [4.78, 5) is 22.9. The summed E-state index contributed by atoms with van der Waals surface area (Å²) < 4.78 is 42.5. The van der Waals surface area contributed by atoms with Crippen molar-refractivity contribution in [1.82, 2.24) is 4.90 Å². The standard InChI is InChI=1S/C24H28F3N3O2.C2H6/c1-5-15(2)12-28-17(4)29-16(3)23(31)30-13-19-10-18(11-20(19)14-30)21-8-6-7-9-22(21)32-24(25,26)27;1-2/h5-9,12,18-20H,3,10-11,13-14H2,1-2,4H3;1-2H3/b15-5-,28-12?,29-17?;/t18?,19-,20+;. The van der Waals surface area contributed by atoms with Gasteiger partial charge in [0.1, 0.15) is 17.3 Å². The van der Waals surface area contributed by atoms with Gasteiger partial charge in [-0.25, -0.2) is 9.98 Å². The van der Waals surface area contributed by atoms with E-state index in [9.17, 15) is 18.0 Å². The van der Waals surface area contributed by atoms with Crippen molar-refractivity contribution < 1.29 is 22.7 Å². The number of hydrogen-bond donors (Lipinski definition) is 0. The number of nitrogens with zero attached hydrogens (tertiary/aromatic N) is 3. The molecule has 3 rings (SSSR count). The fraction of sp³-hybridized carbons (Fsp3) is 0.500. The molecule has 0 aromatic heterocycles. The zero-order chi connectivity index (χ0) is 25.5. The van der Waals surface area contributed by atoms with E-state index in [4.69, 9.17) is 0 Å². The van der Waals surface area contributed by atoms with E-state index in [0.29, 0.717) is 37.3 Å². The van der Waals surface area contributed by atoms with Gasteiger partial charge in [0.2, 0.25) is 0 Å². The predicted molar refractivity (Wildman–Crippen MR) is 130 cm³/mol. The van der Waals surface area contributed by atoms with Crippen molar-refractivity contribution in [2.75, 3.05) is 13.1 Å². The number of aliphatic imine (C=N–C) groups is 2. The summed E-state index contributed by atoms with van der Waals surface area (Å²) in [5, 5.41) is 0. The van der Waals surface area contributed by atoms with E-state index in [1.165, 1.54) is 6.07 Å². The minimum Gasteiger partial charge on any atom is -0.405 e. The summed E-state index contributed by atoms with van der Waals surface area (Å²) >= 11 is 0. The van der Waals surface area contributed by atoms with Crippen LogP contribution in [0, 0.1) is 11.8 Å². The number of para-hydroxylation sites is 1. The highest BCUT2D eigenvalue weighted by molar-refractivity contribution is 5.98. The van der Waals surface area contributed by atoms with E-state index < -0.39 is 6.36 Å². The van der Waals surface area contributed by atoms with Crippen molar-refractivity contribution in [3.05, 3.63) is 53.8 Å². The average molecular weight is 478 g/mol. The molecular formula is C26H34F3N3O2. The van der Waals surface area contributed by atoms with Gasteiger partial charge in [-0.05, 0) is 68.6 Å². The van der Waals surface area contributed by atoms with Crippen LogP contribution in [0.1, 0.15) is 58.9 Å². The number of benzene rings is 1. The Kier molecular flexibility index (Phi) is 9.65. The SMILES string of the molecule is C=C(N=C(C)N=C/C(C)=C\C)C(=O)N1C[C@H]2CC(c3ccccc3OC(F)(F)F)C[C@H]2C1.CC. The third-order valence-electron chi connectivity index (χ3n) is 6.08. The molecule has 1 saturated carbocycles. The second-order valence-corrected chi connectivity index (χ2v) is 8.38. The number of hydrogen-bond acceptors (Lipinski definition) is 3. The van der Waals surface area contributed by atoms with Gasteiger partial charge in [-0.15, -0.1) is 13.2 Å². The number of likely N-dealkylation sites (tertiary alicyclic amines) is 1. The molecule has 1 unspecified atom stereocenters. The number of allylic oxidation sites excluding steroid dienone is 2. The van der Waals surface area contributed by atoms with Gasteiger partial charge < -0.3 is 9.64 Å². The number of carbonyl (C=O) groups excluding carboxylic acids is 1. The highest BCUT2D eigenvalue weighted by Crippen LogP contribution is 2.48. The Bertz CT molecular complexity index is 952. The summed E-state index contributed by atoms with van der Waals surface area (Å²) in [5.41, 5.74) is 1.70. The summed E-state index contributed by atoms with van der Waals surface area (Å²) in [7, 11) is 0. The van der Waals surface area contributed by atoms with Crippen molar-refractivity contribution >= 4 is 18.0 Å². The van der Waals surface area contributed by atoms with E-state index >= 15 is 0 Å². The Morgan fingerprint density at radius 2 is 1.74 bits per heavy atom. The van der Waals surface area contributed by atoms with Crippen LogP contribution < -0.4 is 4.74 Å². The molecule has 2 aliphatic rings. The Morgan fingerprint density at radius 1 is 1.15 bits per heavy atom. The maximum Gasteiger partial charge on any atom is 0.573 e. The van der Waals surface area contributed by atoms with E-state index in [1.807, 2.05) is 33.8 Å². The van der Waals surface area contributed by atoms with Crippen molar-refractivity contribution in [1.29, 1.82) is 0 Å². The lowest BCUT2D eigenvalue weighted by molar-refractivity contribution is -0.275. The predicted octanol–water partition coefficient (Wildman–Crippen LogP) is 6.53. The first-order valence-electron chi connectivity index (χ1n) is 11.6. The van der Waals surface area contributed by atoms with E-state index in [0.717, 1.165) is 5.57 Å². The minimum absolute atomic E-state index is 0.0199. The second-order valence-electron chi connectivity index (χ2n) is 8.38. The first-order valence-corrected chi connectivity index (χ1v) is 11.6. The molecule has 34 heavy (non-hydrogen) atoms. The van der Waals surface area contributed by atoms with Gasteiger partial charge in [-0.1, -0.05) is 44.7 Å². The number of rotatable bonds is 5. The molecular weight excluding hydrogens is 443 g/mol. The number of fused-ring (bicyclic) bond motifs is 1. The van der Waals surface area contributed by atoms with Gasteiger partial charge in [0.05, 0.1) is 0 Å². The average Bonchev–Trinajstić information content (AvgIpc) is 3.37. The second kappa shape index (κ2) is 12.0. The number of carbonyl (C=O) groups is 1. The lowest BCUT2D eigenvalue weighted by Crippen LogP contribution is -2.30. The number of ether oxygens (including phenoxy) is 1. The highest BCUT2D eigenvalue weighted by Gasteiger charge is 2.44. The first-order chi connectivity index (χ1) is 16.1.